The van der Waals surface area contributed by atoms with Crippen LogP contribution in [0.15, 0.2) is 42.5 Å². The standard InChI is InChI=1S/C25H31NO3/c1-6-15-29-23(28)18-7-9-19(10-8-18)26(17-27)20-11-12-21-22(16-20)25(4,5)14-13-24(21,2)3/h7-12,16-17H,6,13-15H2,1-5H3. The fourth-order valence-corrected chi connectivity index (χ4v) is 4.03. The van der Waals surface area contributed by atoms with E-state index in [1.54, 1.807) is 29.2 Å². The summed E-state index contributed by atoms with van der Waals surface area (Å²) in [5.41, 5.74) is 4.92. The minimum absolute atomic E-state index is 0.0717. The zero-order valence-corrected chi connectivity index (χ0v) is 18.1. The molecule has 0 saturated carbocycles. The number of carbonyl (C=O) groups is 2. The molecule has 2 aromatic rings. The van der Waals surface area contributed by atoms with Gasteiger partial charge >= 0.3 is 5.97 Å². The molecule has 1 amide bonds. The van der Waals surface area contributed by atoms with E-state index in [0.717, 1.165) is 37.0 Å². The molecule has 0 aromatic heterocycles. The van der Waals surface area contributed by atoms with Crippen LogP contribution < -0.4 is 4.90 Å². The van der Waals surface area contributed by atoms with Gasteiger partial charge in [-0.3, -0.25) is 9.69 Å². The summed E-state index contributed by atoms with van der Waals surface area (Å²) in [6.07, 6.45) is 3.88. The molecule has 0 unspecified atom stereocenters. The monoisotopic (exact) mass is 393 g/mol. The minimum Gasteiger partial charge on any atom is -0.462 e. The Morgan fingerprint density at radius 1 is 0.966 bits per heavy atom. The summed E-state index contributed by atoms with van der Waals surface area (Å²) in [6.45, 7) is 11.5. The van der Waals surface area contributed by atoms with Crippen molar-refractivity contribution >= 4 is 23.8 Å². The Balaban J connectivity index is 1.93. The number of fused-ring (bicyclic) bond motifs is 1. The number of ether oxygens (including phenoxy) is 1. The second-order valence-corrected chi connectivity index (χ2v) is 9.16. The van der Waals surface area contributed by atoms with Crippen molar-refractivity contribution in [2.75, 3.05) is 11.5 Å². The maximum absolute atomic E-state index is 12.0. The third-order valence-electron chi connectivity index (χ3n) is 6.04. The summed E-state index contributed by atoms with van der Waals surface area (Å²) < 4.78 is 5.17. The van der Waals surface area contributed by atoms with Crippen LogP contribution in [0.25, 0.3) is 0 Å². The van der Waals surface area contributed by atoms with Gasteiger partial charge in [-0.2, -0.15) is 0 Å². The van der Waals surface area contributed by atoms with E-state index in [0.29, 0.717) is 12.2 Å². The Morgan fingerprint density at radius 3 is 2.14 bits per heavy atom. The Labute approximate surface area is 173 Å². The van der Waals surface area contributed by atoms with Crippen LogP contribution in [0, 0.1) is 0 Å². The topological polar surface area (TPSA) is 46.6 Å². The highest BCUT2D eigenvalue weighted by molar-refractivity contribution is 5.92. The van der Waals surface area contributed by atoms with E-state index in [9.17, 15) is 9.59 Å². The predicted molar refractivity (Wildman–Crippen MR) is 117 cm³/mol. The molecule has 2 aromatic carbocycles. The predicted octanol–water partition coefficient (Wildman–Crippen LogP) is 5.90. The average molecular weight is 394 g/mol. The Hall–Kier alpha value is -2.62. The maximum Gasteiger partial charge on any atom is 0.338 e. The number of amides is 1. The number of esters is 1. The van der Waals surface area contributed by atoms with Gasteiger partial charge in [0.15, 0.2) is 0 Å². The number of rotatable bonds is 6. The molecule has 0 atom stereocenters. The molecular formula is C25H31NO3. The average Bonchev–Trinajstić information content (AvgIpc) is 2.71. The van der Waals surface area contributed by atoms with E-state index in [2.05, 4.69) is 39.8 Å². The highest BCUT2D eigenvalue weighted by Gasteiger charge is 2.37. The minimum atomic E-state index is -0.339. The molecule has 0 N–H and O–H groups in total. The van der Waals surface area contributed by atoms with Gasteiger partial charge < -0.3 is 4.74 Å². The lowest BCUT2D eigenvalue weighted by Crippen LogP contribution is -2.34. The molecule has 0 aliphatic heterocycles. The van der Waals surface area contributed by atoms with E-state index in [-0.39, 0.29) is 16.8 Å². The van der Waals surface area contributed by atoms with Crippen LogP contribution in [-0.4, -0.2) is 19.0 Å². The van der Waals surface area contributed by atoms with Crippen LogP contribution in [0.4, 0.5) is 11.4 Å². The number of nitrogens with zero attached hydrogens (tertiary/aromatic N) is 1. The summed E-state index contributed by atoms with van der Waals surface area (Å²) in [6, 6.07) is 13.3. The van der Waals surface area contributed by atoms with Gasteiger partial charge in [0, 0.05) is 11.4 Å². The molecule has 29 heavy (non-hydrogen) atoms. The third kappa shape index (κ3) is 4.21. The highest BCUT2D eigenvalue weighted by Crippen LogP contribution is 2.47. The smallest absolute Gasteiger partial charge is 0.338 e. The van der Waals surface area contributed by atoms with Crippen molar-refractivity contribution in [2.24, 2.45) is 0 Å². The van der Waals surface area contributed by atoms with Gasteiger partial charge in [0.25, 0.3) is 0 Å². The molecule has 0 heterocycles. The van der Waals surface area contributed by atoms with Crippen LogP contribution >= 0.6 is 0 Å². The van der Waals surface area contributed by atoms with E-state index >= 15 is 0 Å². The first kappa shape index (κ1) is 21.1. The van der Waals surface area contributed by atoms with Gasteiger partial charge in [-0.1, -0.05) is 40.7 Å². The SMILES string of the molecule is CCCOC(=O)c1ccc(N(C=O)c2ccc3c(c2)C(C)(C)CCC3(C)C)cc1. The van der Waals surface area contributed by atoms with Crippen molar-refractivity contribution in [3.8, 4) is 0 Å². The summed E-state index contributed by atoms with van der Waals surface area (Å²) in [7, 11) is 0. The number of carbonyl (C=O) groups excluding carboxylic acids is 2. The lowest BCUT2D eigenvalue weighted by molar-refractivity contribution is -0.106. The van der Waals surface area contributed by atoms with Crippen molar-refractivity contribution < 1.29 is 14.3 Å². The fraction of sp³-hybridized carbons (Fsp3) is 0.440. The van der Waals surface area contributed by atoms with Crippen LogP contribution in [0.3, 0.4) is 0 Å². The van der Waals surface area contributed by atoms with Crippen molar-refractivity contribution in [1.82, 2.24) is 0 Å². The molecule has 0 bridgehead atoms. The molecule has 3 rings (SSSR count). The molecule has 1 aliphatic rings. The Morgan fingerprint density at radius 2 is 1.55 bits per heavy atom. The molecule has 0 spiro atoms. The zero-order valence-electron chi connectivity index (χ0n) is 18.1. The lowest BCUT2D eigenvalue weighted by Gasteiger charge is -2.42. The second kappa shape index (κ2) is 8.02. The number of hydrogen-bond acceptors (Lipinski definition) is 3. The first-order valence-electron chi connectivity index (χ1n) is 10.4. The molecule has 4 nitrogen and oxygen atoms in total. The normalized spacial score (nSPS) is 16.6. The van der Waals surface area contributed by atoms with Gasteiger partial charge in [-0.05, 0) is 77.6 Å². The molecular weight excluding hydrogens is 362 g/mol. The first-order valence-corrected chi connectivity index (χ1v) is 10.4. The van der Waals surface area contributed by atoms with Gasteiger partial charge in [0.05, 0.1) is 12.2 Å². The van der Waals surface area contributed by atoms with E-state index in [1.807, 2.05) is 13.0 Å². The lowest BCUT2D eigenvalue weighted by atomic mass is 9.63. The van der Waals surface area contributed by atoms with Crippen LogP contribution in [-0.2, 0) is 20.4 Å². The van der Waals surface area contributed by atoms with Gasteiger partial charge in [0.1, 0.15) is 0 Å². The molecule has 154 valence electrons. The van der Waals surface area contributed by atoms with Gasteiger partial charge in [0.2, 0.25) is 6.41 Å². The summed E-state index contributed by atoms with van der Waals surface area (Å²) >= 11 is 0. The first-order chi connectivity index (χ1) is 13.7. The summed E-state index contributed by atoms with van der Waals surface area (Å²) in [5.74, 6) is -0.339. The van der Waals surface area contributed by atoms with Crippen LogP contribution in [0.1, 0.15) is 75.4 Å². The largest absolute Gasteiger partial charge is 0.462 e. The van der Waals surface area contributed by atoms with Crippen LogP contribution in [0.5, 0.6) is 0 Å². The van der Waals surface area contributed by atoms with E-state index in [1.165, 1.54) is 11.1 Å². The quantitative estimate of drug-likeness (QED) is 0.454. The number of hydrogen-bond donors (Lipinski definition) is 0. The van der Waals surface area contributed by atoms with Gasteiger partial charge in [-0.15, -0.1) is 0 Å². The van der Waals surface area contributed by atoms with Crippen molar-refractivity contribution in [3.63, 3.8) is 0 Å². The summed E-state index contributed by atoms with van der Waals surface area (Å²) in [5, 5.41) is 0. The number of benzene rings is 2. The molecule has 0 saturated heterocycles. The van der Waals surface area contributed by atoms with E-state index in [4.69, 9.17) is 4.74 Å². The van der Waals surface area contributed by atoms with Crippen molar-refractivity contribution in [3.05, 3.63) is 59.2 Å². The second-order valence-electron chi connectivity index (χ2n) is 9.16. The molecule has 4 heteroatoms. The highest BCUT2D eigenvalue weighted by atomic mass is 16.5. The Kier molecular flexibility index (Phi) is 5.83. The maximum atomic E-state index is 12.0. The van der Waals surface area contributed by atoms with Crippen LogP contribution in [0.2, 0.25) is 0 Å². The zero-order chi connectivity index (χ0) is 21.2. The fourth-order valence-electron chi connectivity index (χ4n) is 4.03. The molecule has 0 radical (unpaired) electrons. The van der Waals surface area contributed by atoms with Gasteiger partial charge in [-0.25, -0.2) is 4.79 Å². The number of anilines is 2. The molecule has 0 fully saturated rings. The Bertz CT molecular complexity index is 897. The molecule has 1 aliphatic carbocycles. The van der Waals surface area contributed by atoms with Crippen molar-refractivity contribution in [1.29, 1.82) is 0 Å². The van der Waals surface area contributed by atoms with Crippen molar-refractivity contribution in [2.45, 2.75) is 64.7 Å². The van der Waals surface area contributed by atoms with E-state index < -0.39 is 0 Å². The third-order valence-corrected chi connectivity index (χ3v) is 6.04. The summed E-state index contributed by atoms with van der Waals surface area (Å²) in [4.78, 5) is 25.6.